The summed E-state index contributed by atoms with van der Waals surface area (Å²) >= 11 is 0. The van der Waals surface area contributed by atoms with Gasteiger partial charge in [-0.05, 0) is 59.0 Å². The Morgan fingerprint density at radius 2 is 1.83 bits per heavy atom. The lowest BCUT2D eigenvalue weighted by atomic mass is 9.89. The maximum Gasteiger partial charge on any atom is 0.0775 e. The zero-order chi connectivity index (χ0) is 20.3. The SMILES string of the molecule is CCn1c2ccccc2c2cc3c(cc21)C=CN1C=C([SiH](C)C)C(C(C)C)=CC31. The molecule has 2 aliphatic heterocycles. The van der Waals surface area contributed by atoms with Crippen LogP contribution in [0.4, 0.5) is 0 Å². The first-order valence-corrected chi connectivity index (χ1v) is 13.8. The van der Waals surface area contributed by atoms with E-state index in [1.165, 1.54) is 32.9 Å². The van der Waals surface area contributed by atoms with Crippen molar-refractivity contribution in [3.63, 3.8) is 0 Å². The van der Waals surface area contributed by atoms with E-state index in [1.807, 2.05) is 0 Å². The van der Waals surface area contributed by atoms with Crippen LogP contribution < -0.4 is 0 Å². The van der Waals surface area contributed by atoms with Crippen LogP contribution in [-0.2, 0) is 6.54 Å². The maximum absolute atomic E-state index is 2.54. The zero-order valence-corrected chi connectivity index (χ0v) is 19.3. The molecule has 1 atom stereocenters. The van der Waals surface area contributed by atoms with Crippen molar-refractivity contribution in [1.82, 2.24) is 9.47 Å². The number of para-hydroxylation sites is 1. The second-order valence-corrected chi connectivity index (χ2v) is 11.9. The van der Waals surface area contributed by atoms with Gasteiger partial charge in [0.05, 0.1) is 14.8 Å². The molecular weight excluding hydrogens is 368 g/mol. The molecule has 0 fully saturated rings. The monoisotopic (exact) mass is 398 g/mol. The van der Waals surface area contributed by atoms with Crippen LogP contribution in [0.25, 0.3) is 27.9 Å². The highest BCUT2D eigenvalue weighted by atomic mass is 28.3. The van der Waals surface area contributed by atoms with Crippen LogP contribution in [0.5, 0.6) is 0 Å². The molecule has 3 heteroatoms. The molecule has 1 unspecified atom stereocenters. The summed E-state index contributed by atoms with van der Waals surface area (Å²) in [4.78, 5) is 2.43. The summed E-state index contributed by atoms with van der Waals surface area (Å²) in [7, 11) is -0.880. The predicted octanol–water partition coefficient (Wildman–Crippen LogP) is 6.65. The number of fused-ring (bicyclic) bond motifs is 6. The first-order valence-electron chi connectivity index (χ1n) is 10.9. The molecule has 0 saturated carbocycles. The number of allylic oxidation sites excluding steroid dienone is 2. The van der Waals surface area contributed by atoms with Crippen molar-refractivity contribution in [1.29, 1.82) is 0 Å². The third-order valence-corrected chi connectivity index (χ3v) is 8.29. The fraction of sp³-hybridized carbons (Fsp3) is 0.308. The second-order valence-electron chi connectivity index (χ2n) is 8.98. The Hall–Kier alpha value is -2.52. The number of hydrogen-bond acceptors (Lipinski definition) is 1. The van der Waals surface area contributed by atoms with Gasteiger partial charge in [-0.25, -0.2) is 0 Å². The molecule has 2 aromatic carbocycles. The van der Waals surface area contributed by atoms with E-state index in [0.29, 0.717) is 12.0 Å². The summed E-state index contributed by atoms with van der Waals surface area (Å²) in [6.07, 6.45) is 9.56. The van der Waals surface area contributed by atoms with Crippen LogP contribution in [-0.4, -0.2) is 18.3 Å². The molecule has 0 spiro atoms. The number of nitrogens with zero attached hydrogens (tertiary/aromatic N) is 2. The zero-order valence-electron chi connectivity index (χ0n) is 18.1. The molecule has 0 amide bonds. The fourth-order valence-electron chi connectivity index (χ4n) is 5.10. The van der Waals surface area contributed by atoms with Crippen molar-refractivity contribution in [2.45, 2.75) is 46.5 Å². The van der Waals surface area contributed by atoms with E-state index in [-0.39, 0.29) is 0 Å². The predicted molar refractivity (Wildman–Crippen MR) is 129 cm³/mol. The van der Waals surface area contributed by atoms with E-state index >= 15 is 0 Å². The molecule has 3 aromatic rings. The number of rotatable bonds is 3. The highest BCUT2D eigenvalue weighted by Crippen LogP contribution is 2.42. The molecule has 148 valence electrons. The van der Waals surface area contributed by atoms with Crippen LogP contribution in [0.3, 0.4) is 0 Å². The Morgan fingerprint density at radius 1 is 1.03 bits per heavy atom. The van der Waals surface area contributed by atoms with Gasteiger partial charge in [0.2, 0.25) is 0 Å². The lowest BCUT2D eigenvalue weighted by Gasteiger charge is -2.37. The van der Waals surface area contributed by atoms with Crippen LogP contribution in [0, 0.1) is 5.92 Å². The van der Waals surface area contributed by atoms with Crippen LogP contribution in [0.15, 0.2) is 65.6 Å². The van der Waals surface area contributed by atoms with Gasteiger partial charge in [-0.3, -0.25) is 0 Å². The fourth-order valence-corrected chi connectivity index (χ4v) is 6.66. The Kier molecular flexibility index (Phi) is 4.32. The molecule has 0 saturated heterocycles. The molecule has 5 rings (SSSR count). The van der Waals surface area contributed by atoms with E-state index in [4.69, 9.17) is 0 Å². The van der Waals surface area contributed by atoms with Crippen LogP contribution in [0.2, 0.25) is 13.1 Å². The van der Waals surface area contributed by atoms with Crippen LogP contribution >= 0.6 is 0 Å². The van der Waals surface area contributed by atoms with E-state index in [2.05, 4.69) is 104 Å². The third-order valence-electron chi connectivity index (χ3n) is 6.56. The Morgan fingerprint density at radius 3 is 2.55 bits per heavy atom. The van der Waals surface area contributed by atoms with E-state index in [0.717, 1.165) is 6.54 Å². The van der Waals surface area contributed by atoms with Gasteiger partial charge in [0.25, 0.3) is 0 Å². The number of benzene rings is 2. The van der Waals surface area contributed by atoms with Gasteiger partial charge in [-0.2, -0.15) is 0 Å². The molecule has 29 heavy (non-hydrogen) atoms. The Balaban J connectivity index is 1.75. The normalized spacial score (nSPS) is 18.4. The quantitative estimate of drug-likeness (QED) is 0.449. The summed E-state index contributed by atoms with van der Waals surface area (Å²) in [6.45, 7) is 12.8. The van der Waals surface area contributed by atoms with Crippen LogP contribution in [0.1, 0.15) is 37.9 Å². The minimum atomic E-state index is -0.880. The van der Waals surface area contributed by atoms with Gasteiger partial charge < -0.3 is 9.47 Å². The van der Waals surface area contributed by atoms with Crippen molar-refractivity contribution < 1.29 is 0 Å². The molecular formula is C26H30N2Si. The molecule has 0 bridgehead atoms. The number of aryl methyl sites for hydroxylation is 1. The van der Waals surface area contributed by atoms with Gasteiger partial charge in [0.15, 0.2) is 0 Å². The number of aromatic nitrogens is 1. The maximum atomic E-state index is 2.54. The standard InChI is InChI=1S/C26H30N2Si/c1-6-28-23-10-8-7-9-19(23)22-14-21-18(13-25(22)28)11-12-27-16-26(29(4)5)20(17(2)3)15-24(21)27/h7-17,24,29H,6H2,1-5H3. The average Bonchev–Trinajstić information content (AvgIpc) is 3.03. The molecule has 2 aliphatic rings. The Labute approximate surface area is 175 Å². The van der Waals surface area contributed by atoms with Gasteiger partial charge in [-0.15, -0.1) is 0 Å². The van der Waals surface area contributed by atoms with Crippen molar-refractivity contribution in [3.05, 3.63) is 76.8 Å². The summed E-state index contributed by atoms with van der Waals surface area (Å²) in [5.74, 6) is 0.568. The molecule has 0 radical (unpaired) electrons. The molecule has 3 heterocycles. The molecule has 0 aliphatic carbocycles. The first kappa shape index (κ1) is 18.5. The van der Waals surface area contributed by atoms with E-state index < -0.39 is 8.80 Å². The van der Waals surface area contributed by atoms with E-state index in [9.17, 15) is 0 Å². The summed E-state index contributed by atoms with van der Waals surface area (Å²) < 4.78 is 2.45. The smallest absolute Gasteiger partial charge is 0.0775 e. The summed E-state index contributed by atoms with van der Waals surface area (Å²) in [5.41, 5.74) is 7.03. The van der Waals surface area contributed by atoms with Crippen molar-refractivity contribution >= 4 is 36.7 Å². The first-order chi connectivity index (χ1) is 14.0. The van der Waals surface area contributed by atoms with E-state index in [1.54, 1.807) is 10.8 Å². The largest absolute Gasteiger partial charge is 0.343 e. The van der Waals surface area contributed by atoms with Crippen molar-refractivity contribution in [2.75, 3.05) is 0 Å². The average molecular weight is 399 g/mol. The highest BCUT2D eigenvalue weighted by molar-refractivity contribution is 6.65. The molecule has 0 N–H and O–H groups in total. The minimum Gasteiger partial charge on any atom is -0.343 e. The Bertz CT molecular complexity index is 1210. The number of hydrogen-bond donors (Lipinski definition) is 0. The minimum absolute atomic E-state index is 0.303. The van der Waals surface area contributed by atoms with Gasteiger partial charge in [-0.1, -0.05) is 51.2 Å². The summed E-state index contributed by atoms with van der Waals surface area (Å²) in [6, 6.07) is 14.0. The molecule has 1 aromatic heterocycles. The van der Waals surface area contributed by atoms with Crippen molar-refractivity contribution in [3.8, 4) is 0 Å². The lowest BCUT2D eigenvalue weighted by Crippen LogP contribution is -2.28. The topological polar surface area (TPSA) is 8.17 Å². The van der Waals surface area contributed by atoms with Gasteiger partial charge >= 0.3 is 0 Å². The molecule has 2 nitrogen and oxygen atoms in total. The summed E-state index contributed by atoms with van der Waals surface area (Å²) in [5, 5.41) is 4.35. The highest BCUT2D eigenvalue weighted by Gasteiger charge is 2.29. The lowest BCUT2D eigenvalue weighted by molar-refractivity contribution is 0.421. The van der Waals surface area contributed by atoms with Gasteiger partial charge in [0, 0.05) is 40.8 Å². The third kappa shape index (κ3) is 2.75. The van der Waals surface area contributed by atoms with Gasteiger partial charge in [0.1, 0.15) is 0 Å². The van der Waals surface area contributed by atoms with Crippen molar-refractivity contribution in [2.24, 2.45) is 5.92 Å². The second kappa shape index (κ2) is 6.77.